The van der Waals surface area contributed by atoms with E-state index in [0.29, 0.717) is 6.07 Å². The number of nitriles is 1. The van der Waals surface area contributed by atoms with Gasteiger partial charge in [0.25, 0.3) is 0 Å². The summed E-state index contributed by atoms with van der Waals surface area (Å²) in [5, 5.41) is 8.39. The van der Waals surface area contributed by atoms with E-state index in [1.54, 1.807) is 6.07 Å². The van der Waals surface area contributed by atoms with Crippen molar-refractivity contribution in [3.05, 3.63) is 23.4 Å². The van der Waals surface area contributed by atoms with Crippen molar-refractivity contribution in [2.24, 2.45) is 0 Å². The van der Waals surface area contributed by atoms with Crippen LogP contribution in [0.3, 0.4) is 0 Å². The summed E-state index contributed by atoms with van der Waals surface area (Å²) in [5.74, 6) is -0.531. The van der Waals surface area contributed by atoms with Gasteiger partial charge in [-0.2, -0.15) is 18.4 Å². The molecule has 0 aliphatic rings. The number of ether oxygens (including phenoxy) is 1. The highest BCUT2D eigenvalue weighted by atomic mass is 19.4. The first-order valence-electron chi connectivity index (χ1n) is 3.50. The fourth-order valence-corrected chi connectivity index (χ4v) is 0.879. The normalized spacial score (nSPS) is 10.8. The van der Waals surface area contributed by atoms with Gasteiger partial charge in [-0.3, -0.25) is 0 Å². The summed E-state index contributed by atoms with van der Waals surface area (Å²) in [6.07, 6.45) is -3.54. The lowest BCUT2D eigenvalue weighted by Crippen LogP contribution is -2.09. The van der Waals surface area contributed by atoms with Gasteiger partial charge in [-0.05, 0) is 6.07 Å². The number of rotatable bonds is 1. The van der Waals surface area contributed by atoms with Crippen molar-refractivity contribution in [3.63, 3.8) is 0 Å². The zero-order valence-electron chi connectivity index (χ0n) is 7.09. The summed E-state index contributed by atoms with van der Waals surface area (Å²) in [4.78, 5) is 3.37. The number of aromatic nitrogens is 1. The van der Waals surface area contributed by atoms with Crippen molar-refractivity contribution in [1.29, 1.82) is 5.26 Å². The number of hydrogen-bond acceptors (Lipinski definition) is 3. The topological polar surface area (TPSA) is 45.9 Å². The number of nitrogens with zero attached hydrogens (tertiary/aromatic N) is 2. The molecule has 1 rings (SSSR count). The molecule has 0 spiro atoms. The maximum absolute atomic E-state index is 12.3. The minimum atomic E-state index is -4.56. The maximum atomic E-state index is 12.3. The van der Waals surface area contributed by atoms with E-state index in [-0.39, 0.29) is 5.56 Å². The van der Waals surface area contributed by atoms with Gasteiger partial charge in [0.2, 0.25) is 5.88 Å². The standard InChI is InChI=1S/C8H5F3N2O/c1-14-7-6(8(9,10)11)2-5(3-12)4-13-7/h2,4H,1H3. The molecule has 0 aromatic carbocycles. The van der Waals surface area contributed by atoms with Crippen molar-refractivity contribution < 1.29 is 17.9 Å². The minimum absolute atomic E-state index is 0.155. The Morgan fingerprint density at radius 3 is 2.57 bits per heavy atom. The molecule has 1 heterocycles. The predicted molar refractivity (Wildman–Crippen MR) is 40.5 cm³/mol. The largest absolute Gasteiger partial charge is 0.481 e. The van der Waals surface area contributed by atoms with Crippen LogP contribution in [0.15, 0.2) is 12.3 Å². The average molecular weight is 202 g/mol. The van der Waals surface area contributed by atoms with E-state index < -0.39 is 17.6 Å². The van der Waals surface area contributed by atoms with Crippen LogP contribution >= 0.6 is 0 Å². The molecule has 1 aromatic rings. The maximum Gasteiger partial charge on any atom is 0.421 e. The van der Waals surface area contributed by atoms with E-state index in [2.05, 4.69) is 9.72 Å². The van der Waals surface area contributed by atoms with Crippen LogP contribution in [-0.2, 0) is 6.18 Å². The zero-order valence-corrected chi connectivity index (χ0v) is 7.09. The first-order chi connectivity index (χ1) is 6.49. The second kappa shape index (κ2) is 3.54. The van der Waals surface area contributed by atoms with E-state index in [1.165, 1.54) is 0 Å². The van der Waals surface area contributed by atoms with Crippen molar-refractivity contribution in [2.45, 2.75) is 6.18 Å². The first-order valence-corrected chi connectivity index (χ1v) is 3.50. The third-order valence-electron chi connectivity index (χ3n) is 1.48. The Morgan fingerprint density at radius 1 is 1.50 bits per heavy atom. The van der Waals surface area contributed by atoms with Gasteiger partial charge in [-0.15, -0.1) is 0 Å². The molecule has 1 aromatic heterocycles. The number of pyridine rings is 1. The number of methoxy groups -OCH3 is 1. The second-order valence-electron chi connectivity index (χ2n) is 2.39. The van der Waals surface area contributed by atoms with Gasteiger partial charge in [0.15, 0.2) is 0 Å². The highest BCUT2D eigenvalue weighted by molar-refractivity contribution is 5.37. The van der Waals surface area contributed by atoms with Crippen molar-refractivity contribution >= 4 is 0 Å². The van der Waals surface area contributed by atoms with Crippen LogP contribution in [0.1, 0.15) is 11.1 Å². The fraction of sp³-hybridized carbons (Fsp3) is 0.250. The van der Waals surface area contributed by atoms with Gasteiger partial charge in [0.05, 0.1) is 12.7 Å². The summed E-state index contributed by atoms with van der Waals surface area (Å²) >= 11 is 0. The van der Waals surface area contributed by atoms with Gasteiger partial charge in [0, 0.05) is 6.20 Å². The molecule has 0 bridgehead atoms. The molecule has 6 heteroatoms. The summed E-state index contributed by atoms with van der Waals surface area (Å²) in [7, 11) is 1.09. The molecule has 0 aliphatic carbocycles. The van der Waals surface area contributed by atoms with E-state index >= 15 is 0 Å². The van der Waals surface area contributed by atoms with Crippen LogP contribution in [0.4, 0.5) is 13.2 Å². The van der Waals surface area contributed by atoms with Crippen LogP contribution in [0.5, 0.6) is 5.88 Å². The summed E-state index contributed by atoms with van der Waals surface area (Å²) in [6.45, 7) is 0. The van der Waals surface area contributed by atoms with Crippen molar-refractivity contribution in [3.8, 4) is 11.9 Å². The van der Waals surface area contributed by atoms with E-state index in [0.717, 1.165) is 13.3 Å². The smallest absolute Gasteiger partial charge is 0.421 e. The van der Waals surface area contributed by atoms with Crippen LogP contribution in [0.25, 0.3) is 0 Å². The number of halogens is 3. The summed E-state index contributed by atoms with van der Waals surface area (Å²) in [5.41, 5.74) is -1.20. The van der Waals surface area contributed by atoms with Crippen LogP contribution in [0, 0.1) is 11.3 Å². The molecule has 0 fully saturated rings. The van der Waals surface area contributed by atoms with Crippen LogP contribution in [-0.4, -0.2) is 12.1 Å². The zero-order chi connectivity index (χ0) is 10.8. The van der Waals surface area contributed by atoms with Gasteiger partial charge >= 0.3 is 6.18 Å². The highest BCUT2D eigenvalue weighted by Gasteiger charge is 2.35. The molecular weight excluding hydrogens is 197 g/mol. The minimum Gasteiger partial charge on any atom is -0.481 e. The highest BCUT2D eigenvalue weighted by Crippen LogP contribution is 2.35. The molecule has 74 valence electrons. The first kappa shape index (κ1) is 10.3. The molecule has 0 radical (unpaired) electrons. The van der Waals surface area contributed by atoms with Gasteiger partial charge in [-0.25, -0.2) is 4.98 Å². The number of alkyl halides is 3. The molecule has 0 unspecified atom stereocenters. The molecule has 0 saturated heterocycles. The Hall–Kier alpha value is -1.77. The predicted octanol–water partition coefficient (Wildman–Crippen LogP) is 1.98. The molecule has 0 saturated carbocycles. The van der Waals surface area contributed by atoms with E-state index in [9.17, 15) is 13.2 Å². The quantitative estimate of drug-likeness (QED) is 0.699. The lowest BCUT2D eigenvalue weighted by Gasteiger charge is -2.10. The molecule has 3 nitrogen and oxygen atoms in total. The third kappa shape index (κ3) is 1.93. The Balaban J connectivity index is 3.31. The molecule has 0 atom stereocenters. The SMILES string of the molecule is COc1ncc(C#N)cc1C(F)(F)F. The third-order valence-corrected chi connectivity index (χ3v) is 1.48. The molecular formula is C8H5F3N2O. The van der Waals surface area contributed by atoms with Gasteiger partial charge in [0.1, 0.15) is 11.6 Å². The monoisotopic (exact) mass is 202 g/mol. The second-order valence-corrected chi connectivity index (χ2v) is 2.39. The fourth-order valence-electron chi connectivity index (χ4n) is 0.879. The van der Waals surface area contributed by atoms with Crippen molar-refractivity contribution in [1.82, 2.24) is 4.98 Å². The van der Waals surface area contributed by atoms with Crippen LogP contribution < -0.4 is 4.74 Å². The summed E-state index contributed by atoms with van der Waals surface area (Å²) < 4.78 is 41.4. The Kier molecular flexibility index (Phi) is 2.60. The number of hydrogen-bond donors (Lipinski definition) is 0. The Bertz CT molecular complexity index is 381. The van der Waals surface area contributed by atoms with Crippen molar-refractivity contribution in [2.75, 3.05) is 7.11 Å². The average Bonchev–Trinajstić information content (AvgIpc) is 2.15. The molecule has 14 heavy (non-hydrogen) atoms. The van der Waals surface area contributed by atoms with Gasteiger partial charge < -0.3 is 4.74 Å². The van der Waals surface area contributed by atoms with E-state index in [1.807, 2.05) is 0 Å². The molecule has 0 aliphatic heterocycles. The molecule has 0 amide bonds. The van der Waals surface area contributed by atoms with Gasteiger partial charge in [-0.1, -0.05) is 0 Å². The molecule has 0 N–H and O–H groups in total. The Morgan fingerprint density at radius 2 is 2.14 bits per heavy atom. The Labute approximate surface area is 77.7 Å². The lowest BCUT2D eigenvalue weighted by atomic mass is 10.2. The van der Waals surface area contributed by atoms with Crippen LogP contribution in [0.2, 0.25) is 0 Å². The van der Waals surface area contributed by atoms with E-state index in [4.69, 9.17) is 5.26 Å². The lowest BCUT2D eigenvalue weighted by molar-refractivity contribution is -0.139. The summed E-state index contributed by atoms with van der Waals surface area (Å²) in [6, 6.07) is 2.27.